The molecule has 1 aliphatic heterocycles. The van der Waals surface area contributed by atoms with E-state index in [1.807, 2.05) is 43.3 Å². The van der Waals surface area contributed by atoms with Gasteiger partial charge in [0, 0.05) is 26.2 Å². The Morgan fingerprint density at radius 1 is 0.938 bits per heavy atom. The average molecular weight is 435 g/mol. The molecule has 1 saturated heterocycles. The maximum atomic E-state index is 13.7. The van der Waals surface area contributed by atoms with E-state index in [1.54, 1.807) is 6.07 Å². The van der Waals surface area contributed by atoms with Crippen molar-refractivity contribution in [3.63, 3.8) is 0 Å². The van der Waals surface area contributed by atoms with Crippen LogP contribution in [-0.2, 0) is 17.9 Å². The number of carbonyl (C=O) groups is 1. The highest BCUT2D eigenvalue weighted by Crippen LogP contribution is 2.31. The quantitative estimate of drug-likeness (QED) is 0.579. The van der Waals surface area contributed by atoms with E-state index in [-0.39, 0.29) is 17.7 Å². The van der Waals surface area contributed by atoms with E-state index in [1.165, 1.54) is 11.6 Å². The first-order valence-electron chi connectivity index (χ1n) is 11.0. The second-order valence-electron chi connectivity index (χ2n) is 8.69. The molecule has 32 heavy (non-hydrogen) atoms. The molecule has 1 aliphatic rings. The Bertz CT molecular complexity index is 1070. The van der Waals surface area contributed by atoms with E-state index in [9.17, 15) is 13.6 Å². The summed E-state index contributed by atoms with van der Waals surface area (Å²) < 4.78 is 27.0. The summed E-state index contributed by atoms with van der Waals surface area (Å²) in [6.45, 7) is 4.36. The van der Waals surface area contributed by atoms with Crippen LogP contribution in [-0.4, -0.2) is 23.9 Å². The third-order valence-corrected chi connectivity index (χ3v) is 6.11. The van der Waals surface area contributed by atoms with Crippen molar-refractivity contribution in [2.45, 2.75) is 32.4 Å². The van der Waals surface area contributed by atoms with Gasteiger partial charge in [0.2, 0.25) is 5.91 Å². The van der Waals surface area contributed by atoms with Gasteiger partial charge >= 0.3 is 0 Å². The van der Waals surface area contributed by atoms with Crippen molar-refractivity contribution < 1.29 is 13.6 Å². The van der Waals surface area contributed by atoms with Gasteiger partial charge < -0.3 is 5.32 Å². The number of carbonyl (C=O) groups excluding carboxylic acids is 1. The van der Waals surface area contributed by atoms with Crippen LogP contribution < -0.4 is 5.32 Å². The van der Waals surface area contributed by atoms with Gasteiger partial charge in [-0.1, -0.05) is 66.2 Å². The summed E-state index contributed by atoms with van der Waals surface area (Å²) in [4.78, 5) is 15.3. The number of nitrogens with zero attached hydrogens (tertiary/aromatic N) is 1. The maximum Gasteiger partial charge on any atom is 0.224 e. The number of halogens is 2. The first kappa shape index (κ1) is 22.2. The van der Waals surface area contributed by atoms with Crippen LogP contribution in [0.3, 0.4) is 0 Å². The van der Waals surface area contributed by atoms with Crippen LogP contribution in [0.25, 0.3) is 0 Å². The van der Waals surface area contributed by atoms with E-state index in [2.05, 4.69) is 28.4 Å². The zero-order valence-corrected chi connectivity index (χ0v) is 18.2. The Hall–Kier alpha value is -3.05. The van der Waals surface area contributed by atoms with Crippen molar-refractivity contribution in [3.8, 4) is 0 Å². The summed E-state index contributed by atoms with van der Waals surface area (Å²) in [5.41, 5.74) is 4.14. The van der Waals surface area contributed by atoms with Gasteiger partial charge in [0.15, 0.2) is 11.6 Å². The van der Waals surface area contributed by atoms with Crippen LogP contribution in [0.15, 0.2) is 72.8 Å². The van der Waals surface area contributed by atoms with Gasteiger partial charge in [0.1, 0.15) is 0 Å². The topological polar surface area (TPSA) is 32.3 Å². The fourth-order valence-corrected chi connectivity index (χ4v) is 4.53. The minimum absolute atomic E-state index is 0.0300. The van der Waals surface area contributed by atoms with Crippen LogP contribution in [0.1, 0.15) is 34.6 Å². The fourth-order valence-electron chi connectivity index (χ4n) is 4.53. The molecular formula is C27H28F2N2O. The highest BCUT2D eigenvalue weighted by Gasteiger charge is 2.32. The Morgan fingerprint density at radius 2 is 1.75 bits per heavy atom. The smallest absolute Gasteiger partial charge is 0.224 e. The molecule has 0 saturated carbocycles. The molecule has 1 heterocycles. The SMILES string of the molecule is Cc1cccc(CNC(=O)[C@@H]2C[C@H](c3ccccc3)CN(Cc3ccc(F)c(F)c3)C2)c1. The van der Waals surface area contributed by atoms with E-state index >= 15 is 0 Å². The summed E-state index contributed by atoms with van der Waals surface area (Å²) in [7, 11) is 0. The summed E-state index contributed by atoms with van der Waals surface area (Å²) in [5.74, 6) is -1.63. The summed E-state index contributed by atoms with van der Waals surface area (Å²) in [6, 6.07) is 22.3. The van der Waals surface area contributed by atoms with Crippen molar-refractivity contribution in [3.05, 3.63) is 107 Å². The van der Waals surface area contributed by atoms with Gasteiger partial charge in [0.25, 0.3) is 0 Å². The third-order valence-electron chi connectivity index (χ3n) is 6.11. The van der Waals surface area contributed by atoms with Gasteiger partial charge in [-0.15, -0.1) is 0 Å². The third kappa shape index (κ3) is 5.60. The molecule has 5 heteroatoms. The predicted octanol–water partition coefficient (Wildman–Crippen LogP) is 5.20. The summed E-state index contributed by atoms with van der Waals surface area (Å²) in [5, 5.41) is 3.09. The molecule has 3 nitrogen and oxygen atoms in total. The van der Waals surface area contributed by atoms with Gasteiger partial charge in [-0.05, 0) is 48.1 Å². The van der Waals surface area contributed by atoms with Gasteiger partial charge in [0.05, 0.1) is 5.92 Å². The molecular weight excluding hydrogens is 406 g/mol. The highest BCUT2D eigenvalue weighted by atomic mass is 19.2. The molecule has 0 spiro atoms. The lowest BCUT2D eigenvalue weighted by Crippen LogP contribution is -2.45. The average Bonchev–Trinajstić information content (AvgIpc) is 2.80. The lowest BCUT2D eigenvalue weighted by Gasteiger charge is -2.37. The number of likely N-dealkylation sites (tertiary alicyclic amines) is 1. The Kier molecular flexibility index (Phi) is 6.96. The second kappa shape index (κ2) is 10.0. The van der Waals surface area contributed by atoms with Gasteiger partial charge in [-0.25, -0.2) is 8.78 Å². The number of rotatable bonds is 6. The molecule has 0 aliphatic carbocycles. The van der Waals surface area contributed by atoms with Crippen LogP contribution in [0.4, 0.5) is 8.78 Å². The highest BCUT2D eigenvalue weighted by molar-refractivity contribution is 5.79. The number of benzene rings is 3. The van der Waals surface area contributed by atoms with Gasteiger partial charge in [-0.2, -0.15) is 0 Å². The van der Waals surface area contributed by atoms with E-state index in [0.29, 0.717) is 25.2 Å². The lowest BCUT2D eigenvalue weighted by atomic mass is 9.84. The molecule has 1 amide bonds. The molecule has 1 N–H and O–H groups in total. The monoisotopic (exact) mass is 434 g/mol. The van der Waals surface area contributed by atoms with Gasteiger partial charge in [-0.3, -0.25) is 9.69 Å². The number of amides is 1. The number of hydrogen-bond acceptors (Lipinski definition) is 2. The Morgan fingerprint density at radius 3 is 2.50 bits per heavy atom. The van der Waals surface area contributed by atoms with Crippen molar-refractivity contribution in [2.24, 2.45) is 5.92 Å². The Labute approximate surface area is 188 Å². The summed E-state index contributed by atoms with van der Waals surface area (Å²) >= 11 is 0. The van der Waals surface area contributed by atoms with Crippen LogP contribution in [0.5, 0.6) is 0 Å². The number of aryl methyl sites for hydroxylation is 1. The maximum absolute atomic E-state index is 13.7. The first-order valence-corrected chi connectivity index (χ1v) is 11.0. The predicted molar refractivity (Wildman–Crippen MR) is 122 cm³/mol. The van der Waals surface area contributed by atoms with Crippen molar-refractivity contribution in [1.29, 1.82) is 0 Å². The molecule has 0 aromatic heterocycles. The molecule has 4 rings (SSSR count). The summed E-state index contributed by atoms with van der Waals surface area (Å²) in [6.07, 6.45) is 0.762. The molecule has 166 valence electrons. The molecule has 0 radical (unpaired) electrons. The molecule has 1 fully saturated rings. The van der Waals surface area contributed by atoms with Crippen LogP contribution in [0.2, 0.25) is 0 Å². The minimum Gasteiger partial charge on any atom is -0.352 e. The normalized spacial score (nSPS) is 19.0. The zero-order valence-electron chi connectivity index (χ0n) is 18.2. The first-order chi connectivity index (χ1) is 15.5. The minimum atomic E-state index is -0.844. The van der Waals surface area contributed by atoms with Crippen molar-refractivity contribution >= 4 is 5.91 Å². The van der Waals surface area contributed by atoms with E-state index in [4.69, 9.17) is 0 Å². The standard InChI is InChI=1S/C27H28F2N2O/c1-19-6-5-7-20(12-19)15-30-27(32)24-14-23(22-8-3-2-4-9-22)17-31(18-24)16-21-10-11-25(28)26(29)13-21/h2-13,23-24H,14-18H2,1H3,(H,30,32)/t23-,24+/m0/s1. The molecule has 3 aromatic carbocycles. The molecule has 0 unspecified atom stereocenters. The number of hydrogen-bond donors (Lipinski definition) is 1. The zero-order chi connectivity index (χ0) is 22.5. The number of nitrogens with one attached hydrogen (secondary N) is 1. The second-order valence-corrected chi connectivity index (χ2v) is 8.69. The lowest BCUT2D eigenvalue weighted by molar-refractivity contribution is -0.127. The Balaban J connectivity index is 1.48. The van der Waals surface area contributed by atoms with Crippen molar-refractivity contribution in [1.82, 2.24) is 10.2 Å². The molecule has 0 bridgehead atoms. The van der Waals surface area contributed by atoms with Crippen molar-refractivity contribution in [2.75, 3.05) is 13.1 Å². The fraction of sp³-hybridized carbons (Fsp3) is 0.296. The van der Waals surface area contributed by atoms with E-state index < -0.39 is 11.6 Å². The molecule has 2 atom stereocenters. The molecule has 3 aromatic rings. The van der Waals surface area contributed by atoms with Crippen LogP contribution in [0, 0.1) is 24.5 Å². The number of piperidine rings is 1. The van der Waals surface area contributed by atoms with E-state index in [0.717, 1.165) is 30.2 Å². The van der Waals surface area contributed by atoms with Crippen LogP contribution >= 0.6 is 0 Å². The largest absolute Gasteiger partial charge is 0.352 e.